The quantitative estimate of drug-likeness (QED) is 0.905. The number of likely N-dealkylation sites (N-methyl/N-ethyl adjacent to an activating group) is 1. The molecule has 0 spiro atoms. The van der Waals surface area contributed by atoms with Crippen molar-refractivity contribution in [2.24, 2.45) is 11.7 Å². The molecule has 108 valence electrons. The fraction of sp³-hybridized carbons (Fsp3) is 0.500. The molecule has 1 aromatic carbocycles. The van der Waals surface area contributed by atoms with E-state index in [2.05, 4.69) is 0 Å². The third-order valence-corrected chi connectivity index (χ3v) is 3.25. The van der Waals surface area contributed by atoms with Crippen LogP contribution in [-0.2, 0) is 11.3 Å². The van der Waals surface area contributed by atoms with Crippen molar-refractivity contribution in [2.75, 3.05) is 7.05 Å². The average molecular weight is 289 g/mol. The molecule has 2 atom stereocenters. The standard InChI is InChI=1S/C14H21FN2O.ClH/c1-4-10(2)13(16)14(18)17(3)9-11-5-7-12(15)8-6-11;/h5-8,10,13H,4,9,16H2,1-3H3;1H. The fourth-order valence-electron chi connectivity index (χ4n) is 1.69. The Morgan fingerprint density at radius 1 is 1.37 bits per heavy atom. The van der Waals surface area contributed by atoms with E-state index in [1.807, 2.05) is 13.8 Å². The molecule has 0 aliphatic carbocycles. The Labute approximate surface area is 120 Å². The average Bonchev–Trinajstić information content (AvgIpc) is 2.38. The lowest BCUT2D eigenvalue weighted by Gasteiger charge is -2.24. The van der Waals surface area contributed by atoms with E-state index in [4.69, 9.17) is 5.73 Å². The van der Waals surface area contributed by atoms with Crippen molar-refractivity contribution in [3.8, 4) is 0 Å². The van der Waals surface area contributed by atoms with E-state index in [1.165, 1.54) is 12.1 Å². The number of benzene rings is 1. The number of rotatable bonds is 5. The highest BCUT2D eigenvalue weighted by molar-refractivity contribution is 5.85. The summed E-state index contributed by atoms with van der Waals surface area (Å²) in [5.41, 5.74) is 6.79. The van der Waals surface area contributed by atoms with Crippen LogP contribution in [0.1, 0.15) is 25.8 Å². The topological polar surface area (TPSA) is 46.3 Å². The first-order chi connectivity index (χ1) is 8.45. The molecule has 0 heterocycles. The molecular weight excluding hydrogens is 267 g/mol. The Bertz CT molecular complexity index is 397. The normalized spacial score (nSPS) is 13.3. The highest BCUT2D eigenvalue weighted by Crippen LogP contribution is 2.10. The summed E-state index contributed by atoms with van der Waals surface area (Å²) in [6.07, 6.45) is 0.872. The van der Waals surface area contributed by atoms with E-state index in [0.29, 0.717) is 6.54 Å². The van der Waals surface area contributed by atoms with E-state index in [0.717, 1.165) is 12.0 Å². The van der Waals surface area contributed by atoms with Crippen LogP contribution in [0.5, 0.6) is 0 Å². The zero-order chi connectivity index (χ0) is 13.7. The summed E-state index contributed by atoms with van der Waals surface area (Å²) in [6.45, 7) is 4.43. The van der Waals surface area contributed by atoms with E-state index >= 15 is 0 Å². The summed E-state index contributed by atoms with van der Waals surface area (Å²) >= 11 is 0. The highest BCUT2D eigenvalue weighted by atomic mass is 35.5. The summed E-state index contributed by atoms with van der Waals surface area (Å²) in [5.74, 6) is -0.189. The minimum atomic E-state index is -0.472. The van der Waals surface area contributed by atoms with Gasteiger partial charge in [0.2, 0.25) is 5.91 Å². The monoisotopic (exact) mass is 288 g/mol. The van der Waals surface area contributed by atoms with Gasteiger partial charge in [0.1, 0.15) is 5.82 Å². The first-order valence-electron chi connectivity index (χ1n) is 6.20. The first kappa shape index (κ1) is 17.9. The van der Waals surface area contributed by atoms with Crippen molar-refractivity contribution >= 4 is 18.3 Å². The van der Waals surface area contributed by atoms with Crippen molar-refractivity contribution in [3.05, 3.63) is 35.6 Å². The van der Waals surface area contributed by atoms with Gasteiger partial charge < -0.3 is 10.6 Å². The van der Waals surface area contributed by atoms with Crippen molar-refractivity contribution in [3.63, 3.8) is 0 Å². The maximum absolute atomic E-state index is 12.8. The Kier molecular flexibility index (Phi) is 7.64. The van der Waals surface area contributed by atoms with Crippen LogP contribution >= 0.6 is 12.4 Å². The fourth-order valence-corrected chi connectivity index (χ4v) is 1.69. The molecule has 5 heteroatoms. The molecule has 0 aromatic heterocycles. The van der Waals surface area contributed by atoms with Crippen molar-refractivity contribution in [2.45, 2.75) is 32.9 Å². The van der Waals surface area contributed by atoms with Crippen LogP contribution in [0.3, 0.4) is 0 Å². The van der Waals surface area contributed by atoms with Gasteiger partial charge in [0, 0.05) is 13.6 Å². The van der Waals surface area contributed by atoms with Crippen LogP contribution in [-0.4, -0.2) is 23.9 Å². The second-order valence-corrected chi connectivity index (χ2v) is 4.73. The maximum atomic E-state index is 12.8. The van der Waals surface area contributed by atoms with Crippen molar-refractivity contribution in [1.29, 1.82) is 0 Å². The zero-order valence-electron chi connectivity index (χ0n) is 11.6. The third-order valence-electron chi connectivity index (χ3n) is 3.25. The lowest BCUT2D eigenvalue weighted by atomic mass is 9.99. The van der Waals surface area contributed by atoms with Gasteiger partial charge in [0.25, 0.3) is 0 Å². The van der Waals surface area contributed by atoms with Gasteiger partial charge >= 0.3 is 0 Å². The van der Waals surface area contributed by atoms with E-state index < -0.39 is 6.04 Å². The number of nitrogens with two attached hydrogens (primary N) is 1. The molecule has 3 nitrogen and oxygen atoms in total. The summed E-state index contributed by atoms with van der Waals surface area (Å²) in [4.78, 5) is 13.6. The van der Waals surface area contributed by atoms with Crippen LogP contribution < -0.4 is 5.73 Å². The van der Waals surface area contributed by atoms with Gasteiger partial charge in [-0.2, -0.15) is 0 Å². The Balaban J connectivity index is 0.00000324. The maximum Gasteiger partial charge on any atom is 0.239 e. The molecule has 0 bridgehead atoms. The van der Waals surface area contributed by atoms with Gasteiger partial charge in [-0.1, -0.05) is 32.4 Å². The molecular formula is C14H22ClFN2O. The van der Waals surface area contributed by atoms with Crippen LogP contribution in [0.15, 0.2) is 24.3 Å². The van der Waals surface area contributed by atoms with Crippen LogP contribution in [0, 0.1) is 11.7 Å². The third kappa shape index (κ3) is 5.17. The van der Waals surface area contributed by atoms with Gasteiger partial charge in [-0.3, -0.25) is 4.79 Å². The molecule has 0 fully saturated rings. The molecule has 1 rings (SSSR count). The minimum Gasteiger partial charge on any atom is -0.340 e. The highest BCUT2D eigenvalue weighted by Gasteiger charge is 2.22. The number of carbonyl (C=O) groups excluding carboxylic acids is 1. The van der Waals surface area contributed by atoms with E-state index in [9.17, 15) is 9.18 Å². The van der Waals surface area contributed by atoms with Crippen molar-refractivity contribution in [1.82, 2.24) is 4.90 Å². The largest absolute Gasteiger partial charge is 0.340 e. The van der Waals surface area contributed by atoms with Gasteiger partial charge in [0.15, 0.2) is 0 Å². The smallest absolute Gasteiger partial charge is 0.239 e. The molecule has 0 saturated carbocycles. The Hall–Kier alpha value is -1.13. The molecule has 1 aromatic rings. The van der Waals surface area contributed by atoms with Gasteiger partial charge in [-0.25, -0.2) is 4.39 Å². The summed E-state index contributed by atoms with van der Waals surface area (Å²) in [5, 5.41) is 0. The van der Waals surface area contributed by atoms with Gasteiger partial charge in [-0.15, -0.1) is 12.4 Å². The molecule has 2 unspecified atom stereocenters. The lowest BCUT2D eigenvalue weighted by molar-refractivity contribution is -0.132. The molecule has 1 amide bonds. The summed E-state index contributed by atoms with van der Waals surface area (Å²) < 4.78 is 12.8. The van der Waals surface area contributed by atoms with Crippen molar-refractivity contribution < 1.29 is 9.18 Å². The first-order valence-corrected chi connectivity index (χ1v) is 6.20. The predicted octanol–water partition coefficient (Wildman–Crippen LogP) is 2.58. The van der Waals surface area contributed by atoms with E-state index in [-0.39, 0.29) is 30.0 Å². The molecule has 0 aliphatic heterocycles. The molecule has 2 N–H and O–H groups in total. The molecule has 0 radical (unpaired) electrons. The minimum absolute atomic E-state index is 0. The summed E-state index contributed by atoms with van der Waals surface area (Å²) in [6, 6.07) is 5.66. The zero-order valence-corrected chi connectivity index (χ0v) is 12.4. The van der Waals surface area contributed by atoms with Crippen LogP contribution in [0.25, 0.3) is 0 Å². The molecule has 19 heavy (non-hydrogen) atoms. The Morgan fingerprint density at radius 2 is 1.89 bits per heavy atom. The van der Waals surface area contributed by atoms with E-state index in [1.54, 1.807) is 24.1 Å². The second kappa shape index (κ2) is 8.12. The SMILES string of the molecule is CCC(C)C(N)C(=O)N(C)Cc1ccc(F)cc1.Cl. The Morgan fingerprint density at radius 3 is 2.37 bits per heavy atom. The molecule has 0 saturated heterocycles. The van der Waals surface area contributed by atoms with Gasteiger partial charge in [0.05, 0.1) is 6.04 Å². The number of hydrogen-bond acceptors (Lipinski definition) is 2. The number of hydrogen-bond donors (Lipinski definition) is 1. The predicted molar refractivity (Wildman–Crippen MR) is 77.6 cm³/mol. The number of amides is 1. The number of carbonyl (C=O) groups is 1. The van der Waals surface area contributed by atoms with Crippen LogP contribution in [0.2, 0.25) is 0 Å². The molecule has 0 aliphatic rings. The number of nitrogens with zero attached hydrogens (tertiary/aromatic N) is 1. The lowest BCUT2D eigenvalue weighted by Crippen LogP contribution is -2.45. The number of halogens is 2. The van der Waals surface area contributed by atoms with Crippen LogP contribution in [0.4, 0.5) is 4.39 Å². The summed E-state index contributed by atoms with van der Waals surface area (Å²) in [7, 11) is 1.72. The van der Waals surface area contributed by atoms with Gasteiger partial charge in [-0.05, 0) is 23.6 Å². The second-order valence-electron chi connectivity index (χ2n) is 4.73.